The van der Waals surface area contributed by atoms with Crippen LogP contribution in [0.25, 0.3) is 0 Å². The minimum Gasteiger partial charge on any atom is -0.381 e. The van der Waals surface area contributed by atoms with Gasteiger partial charge in [-0.25, -0.2) is 5.43 Å². The average molecular weight is 275 g/mol. The highest BCUT2D eigenvalue weighted by Gasteiger charge is 2.22. The van der Waals surface area contributed by atoms with Crippen LogP contribution in [0.15, 0.2) is 23.3 Å². The van der Waals surface area contributed by atoms with Gasteiger partial charge in [0.15, 0.2) is 0 Å². The van der Waals surface area contributed by atoms with Gasteiger partial charge >= 0.3 is 0 Å². The van der Waals surface area contributed by atoms with Gasteiger partial charge in [0.25, 0.3) is 5.91 Å². The van der Waals surface area contributed by atoms with E-state index in [-0.39, 0.29) is 0 Å². The summed E-state index contributed by atoms with van der Waals surface area (Å²) in [5, 5.41) is 13.9. The first-order valence-electron chi connectivity index (χ1n) is 4.82. The maximum absolute atomic E-state index is 11.3. The molecule has 1 aromatic rings. The predicted octanol–water partition coefficient (Wildman–Crippen LogP) is 2.21. The van der Waals surface area contributed by atoms with E-state index in [1.165, 1.54) is 20.1 Å². The van der Waals surface area contributed by atoms with Crippen LogP contribution in [-0.2, 0) is 4.79 Å². The van der Waals surface area contributed by atoms with E-state index < -0.39 is 11.5 Å². The molecule has 6 heteroatoms. The lowest BCUT2D eigenvalue weighted by atomic mass is 10.1. The molecule has 2 N–H and O–H groups in total. The predicted molar refractivity (Wildman–Crippen MR) is 68.5 cm³/mol. The van der Waals surface area contributed by atoms with Crippen LogP contribution in [0.2, 0.25) is 10.0 Å². The Hall–Kier alpha value is -1.10. The number of benzene rings is 1. The first kappa shape index (κ1) is 14.0. The van der Waals surface area contributed by atoms with Gasteiger partial charge in [0, 0.05) is 5.56 Å². The summed E-state index contributed by atoms with van der Waals surface area (Å²) in [6.07, 6.45) is 1.33. The van der Waals surface area contributed by atoms with Crippen molar-refractivity contribution in [2.45, 2.75) is 19.4 Å². The third kappa shape index (κ3) is 4.00. The maximum Gasteiger partial charge on any atom is 0.271 e. The maximum atomic E-state index is 11.3. The summed E-state index contributed by atoms with van der Waals surface area (Å²) in [7, 11) is 0. The van der Waals surface area contributed by atoms with Crippen molar-refractivity contribution >= 4 is 35.3 Å². The normalized spacial score (nSPS) is 11.8. The molecule has 0 bridgehead atoms. The standard InChI is InChI=1S/C11H12Cl2N2O2/c1-11(2,17)10(16)15-14-6-7-8(12)4-3-5-9(7)13/h3-6,17H,1-2H3,(H,15,16)/b14-6-. The zero-order valence-corrected chi connectivity index (χ0v) is 10.9. The Balaban J connectivity index is 2.76. The fourth-order valence-electron chi connectivity index (χ4n) is 0.926. The molecule has 0 heterocycles. The van der Waals surface area contributed by atoms with Gasteiger partial charge in [-0.1, -0.05) is 29.3 Å². The molecule has 92 valence electrons. The monoisotopic (exact) mass is 274 g/mol. The molecule has 0 atom stereocenters. The van der Waals surface area contributed by atoms with E-state index in [0.29, 0.717) is 15.6 Å². The summed E-state index contributed by atoms with van der Waals surface area (Å²) in [6, 6.07) is 5.02. The fraction of sp³-hybridized carbons (Fsp3) is 0.273. The Labute approximate surface area is 109 Å². The van der Waals surface area contributed by atoms with Gasteiger partial charge in [-0.3, -0.25) is 4.79 Å². The minimum absolute atomic E-state index is 0.429. The number of halogens is 2. The Morgan fingerprint density at radius 1 is 1.41 bits per heavy atom. The lowest BCUT2D eigenvalue weighted by molar-refractivity contribution is -0.136. The summed E-state index contributed by atoms with van der Waals surface area (Å²) in [5.74, 6) is -0.614. The summed E-state index contributed by atoms with van der Waals surface area (Å²) < 4.78 is 0. The van der Waals surface area contributed by atoms with E-state index in [1.54, 1.807) is 18.2 Å². The van der Waals surface area contributed by atoms with Crippen molar-refractivity contribution in [1.82, 2.24) is 5.43 Å². The van der Waals surface area contributed by atoms with Crippen LogP contribution in [0.1, 0.15) is 19.4 Å². The molecule has 0 fully saturated rings. The number of amides is 1. The van der Waals surface area contributed by atoms with Gasteiger partial charge in [0.1, 0.15) is 5.60 Å². The number of nitrogens with zero attached hydrogens (tertiary/aromatic N) is 1. The molecule has 1 amide bonds. The van der Waals surface area contributed by atoms with Gasteiger partial charge < -0.3 is 5.11 Å². The first-order chi connectivity index (χ1) is 7.82. The summed E-state index contributed by atoms with van der Waals surface area (Å²) >= 11 is 11.8. The first-order valence-corrected chi connectivity index (χ1v) is 5.58. The molecule has 1 aromatic carbocycles. The molecule has 0 aromatic heterocycles. The van der Waals surface area contributed by atoms with Crippen LogP contribution in [0.3, 0.4) is 0 Å². The molecule has 0 unspecified atom stereocenters. The Morgan fingerprint density at radius 3 is 2.41 bits per heavy atom. The molecule has 0 saturated carbocycles. The second-order valence-corrected chi connectivity index (χ2v) is 4.71. The van der Waals surface area contributed by atoms with Crippen molar-refractivity contribution in [3.8, 4) is 0 Å². The SMILES string of the molecule is CC(C)(O)C(=O)N/N=C\c1c(Cl)cccc1Cl. The number of carbonyl (C=O) groups is 1. The van der Waals surface area contributed by atoms with Crippen LogP contribution < -0.4 is 5.43 Å². The average Bonchev–Trinajstić information content (AvgIpc) is 2.20. The van der Waals surface area contributed by atoms with E-state index in [9.17, 15) is 9.90 Å². The van der Waals surface area contributed by atoms with E-state index in [0.717, 1.165) is 0 Å². The van der Waals surface area contributed by atoms with Gasteiger partial charge in [0.05, 0.1) is 16.3 Å². The summed E-state index contributed by atoms with van der Waals surface area (Å²) in [6.45, 7) is 2.72. The third-order valence-electron chi connectivity index (χ3n) is 1.92. The lowest BCUT2D eigenvalue weighted by Crippen LogP contribution is -2.39. The molecule has 4 nitrogen and oxygen atoms in total. The molecule has 1 rings (SSSR count). The lowest BCUT2D eigenvalue weighted by Gasteiger charge is -2.13. The Bertz CT molecular complexity index is 433. The fourth-order valence-corrected chi connectivity index (χ4v) is 1.42. The summed E-state index contributed by atoms with van der Waals surface area (Å²) in [4.78, 5) is 11.3. The molecule has 0 aliphatic rings. The van der Waals surface area contributed by atoms with Crippen molar-refractivity contribution < 1.29 is 9.90 Å². The van der Waals surface area contributed by atoms with E-state index >= 15 is 0 Å². The highest BCUT2D eigenvalue weighted by Crippen LogP contribution is 2.21. The van der Waals surface area contributed by atoms with E-state index in [1.807, 2.05) is 0 Å². The minimum atomic E-state index is -1.48. The molecule has 0 spiro atoms. The third-order valence-corrected chi connectivity index (χ3v) is 2.57. The van der Waals surface area contributed by atoms with Crippen molar-refractivity contribution in [3.05, 3.63) is 33.8 Å². The summed E-state index contributed by atoms with van der Waals surface area (Å²) in [5.41, 5.74) is 1.21. The molecule has 0 saturated heterocycles. The van der Waals surface area contributed by atoms with Crippen molar-refractivity contribution in [2.24, 2.45) is 5.10 Å². The number of nitrogens with one attached hydrogen (secondary N) is 1. The van der Waals surface area contributed by atoms with E-state index in [4.69, 9.17) is 23.2 Å². The Kier molecular flexibility index (Phi) is 4.51. The molecule has 0 radical (unpaired) electrons. The quantitative estimate of drug-likeness (QED) is 0.656. The molecular formula is C11H12Cl2N2O2. The highest BCUT2D eigenvalue weighted by atomic mass is 35.5. The molecule has 17 heavy (non-hydrogen) atoms. The van der Waals surface area contributed by atoms with Gasteiger partial charge in [0.2, 0.25) is 0 Å². The highest BCUT2D eigenvalue weighted by molar-refractivity contribution is 6.38. The van der Waals surface area contributed by atoms with E-state index in [2.05, 4.69) is 10.5 Å². The zero-order chi connectivity index (χ0) is 13.1. The van der Waals surface area contributed by atoms with Crippen molar-refractivity contribution in [3.63, 3.8) is 0 Å². The van der Waals surface area contributed by atoms with Crippen LogP contribution in [0, 0.1) is 0 Å². The van der Waals surface area contributed by atoms with Crippen LogP contribution in [-0.4, -0.2) is 22.8 Å². The van der Waals surface area contributed by atoms with Gasteiger partial charge in [-0.2, -0.15) is 5.10 Å². The second kappa shape index (κ2) is 5.49. The van der Waals surface area contributed by atoms with Gasteiger partial charge in [-0.15, -0.1) is 0 Å². The number of hydrogen-bond donors (Lipinski definition) is 2. The number of hydrazone groups is 1. The largest absolute Gasteiger partial charge is 0.381 e. The molecule has 0 aliphatic carbocycles. The Morgan fingerprint density at radius 2 is 1.94 bits per heavy atom. The van der Waals surface area contributed by atoms with Gasteiger partial charge in [-0.05, 0) is 26.0 Å². The number of hydrogen-bond acceptors (Lipinski definition) is 3. The number of rotatable bonds is 3. The number of carbonyl (C=O) groups excluding carboxylic acids is 1. The van der Waals surface area contributed by atoms with Crippen LogP contribution in [0.4, 0.5) is 0 Å². The molecule has 0 aliphatic heterocycles. The van der Waals surface area contributed by atoms with Crippen LogP contribution in [0.5, 0.6) is 0 Å². The zero-order valence-electron chi connectivity index (χ0n) is 9.37. The number of aliphatic hydroxyl groups is 1. The van der Waals surface area contributed by atoms with Crippen molar-refractivity contribution in [1.29, 1.82) is 0 Å². The van der Waals surface area contributed by atoms with Crippen molar-refractivity contribution in [2.75, 3.05) is 0 Å². The topological polar surface area (TPSA) is 61.7 Å². The molecular weight excluding hydrogens is 263 g/mol. The second-order valence-electron chi connectivity index (χ2n) is 3.89. The van der Waals surface area contributed by atoms with Crippen LogP contribution >= 0.6 is 23.2 Å². The smallest absolute Gasteiger partial charge is 0.271 e.